The summed E-state index contributed by atoms with van der Waals surface area (Å²) < 4.78 is 0. The van der Waals surface area contributed by atoms with Crippen molar-refractivity contribution in [1.82, 2.24) is 24.9 Å². The molecule has 0 spiro atoms. The molecule has 0 bridgehead atoms. The first-order chi connectivity index (χ1) is 24.3. The van der Waals surface area contributed by atoms with Crippen molar-refractivity contribution >= 4 is 0 Å². The number of hydrogen-bond acceptors (Lipinski definition) is 5. The Balaban J connectivity index is 1.04. The van der Waals surface area contributed by atoms with E-state index < -0.39 is 0 Å². The molecule has 3 aromatic carbocycles. The van der Waals surface area contributed by atoms with E-state index in [2.05, 4.69) is 116 Å². The van der Waals surface area contributed by atoms with E-state index in [0.717, 1.165) is 38.3 Å². The van der Waals surface area contributed by atoms with Crippen LogP contribution >= 0.6 is 0 Å². The third-order valence-electron chi connectivity index (χ3n) is 12.5. The summed E-state index contributed by atoms with van der Waals surface area (Å²) in [4.78, 5) is 11.6. The minimum Gasteiger partial charge on any atom is -0.314 e. The Morgan fingerprint density at radius 1 is 0.612 bits per heavy atom. The molecule has 0 aromatic heterocycles. The Morgan fingerprint density at radius 2 is 1.29 bits per heavy atom. The lowest BCUT2D eigenvalue weighted by atomic mass is 9.97. The largest absolute Gasteiger partial charge is 0.314 e. The van der Waals surface area contributed by atoms with E-state index in [1.54, 1.807) is 0 Å². The highest BCUT2D eigenvalue weighted by Gasteiger charge is 2.36. The van der Waals surface area contributed by atoms with Gasteiger partial charge in [0, 0.05) is 76.5 Å². The minimum absolute atomic E-state index is 0.546. The van der Waals surface area contributed by atoms with Crippen LogP contribution in [0.1, 0.15) is 68.1 Å². The molecule has 0 amide bonds. The minimum atomic E-state index is 0.546. The first-order valence-corrected chi connectivity index (χ1v) is 20.1. The molecule has 4 fully saturated rings. The van der Waals surface area contributed by atoms with Crippen LogP contribution in [0.3, 0.4) is 0 Å². The van der Waals surface area contributed by atoms with Crippen LogP contribution in [0.25, 0.3) is 0 Å². The Bertz CT molecular complexity index is 1350. The number of nitrogens with zero attached hydrogens (tertiary/aromatic N) is 4. The van der Waals surface area contributed by atoms with Gasteiger partial charge in [-0.15, -0.1) is 0 Å². The monoisotopic (exact) mass is 662 g/mol. The van der Waals surface area contributed by atoms with Gasteiger partial charge >= 0.3 is 0 Å². The second kappa shape index (κ2) is 18.1. The lowest BCUT2D eigenvalue weighted by Gasteiger charge is -2.46. The summed E-state index contributed by atoms with van der Waals surface area (Å²) in [5.74, 6) is 0.993. The summed E-state index contributed by atoms with van der Waals surface area (Å²) in [6.45, 7) is 11.9. The van der Waals surface area contributed by atoms with Gasteiger partial charge in [-0.3, -0.25) is 19.6 Å². The van der Waals surface area contributed by atoms with E-state index >= 15 is 0 Å². The van der Waals surface area contributed by atoms with Crippen LogP contribution in [0.2, 0.25) is 0 Å². The van der Waals surface area contributed by atoms with Crippen molar-refractivity contribution in [1.29, 1.82) is 0 Å². The summed E-state index contributed by atoms with van der Waals surface area (Å²) in [5.41, 5.74) is 4.46. The van der Waals surface area contributed by atoms with E-state index in [1.165, 1.54) is 120 Å². The van der Waals surface area contributed by atoms with E-state index in [9.17, 15) is 0 Å². The molecule has 4 atom stereocenters. The summed E-state index contributed by atoms with van der Waals surface area (Å²) in [5, 5.41) is 3.71. The molecule has 1 unspecified atom stereocenters. The van der Waals surface area contributed by atoms with Crippen LogP contribution in [0.4, 0.5) is 0 Å². The number of hydrogen-bond donors (Lipinski definition) is 1. The van der Waals surface area contributed by atoms with Crippen LogP contribution in [0.5, 0.6) is 0 Å². The maximum atomic E-state index is 3.71. The fraction of sp³-hybridized carbons (Fsp3) is 0.591. The van der Waals surface area contributed by atoms with E-state index in [-0.39, 0.29) is 0 Å². The van der Waals surface area contributed by atoms with Crippen molar-refractivity contribution in [3.63, 3.8) is 0 Å². The third kappa shape index (κ3) is 10.0. The predicted molar refractivity (Wildman–Crippen MR) is 205 cm³/mol. The van der Waals surface area contributed by atoms with Gasteiger partial charge in [-0.1, -0.05) is 117 Å². The molecule has 3 aromatic rings. The smallest absolute Gasteiger partial charge is 0.0264 e. The Labute approximate surface area is 298 Å². The fourth-order valence-electron chi connectivity index (χ4n) is 9.71. The van der Waals surface area contributed by atoms with E-state index in [0.29, 0.717) is 24.2 Å². The molecule has 3 aliphatic heterocycles. The SMILES string of the molecule is c1ccc(C[C@H]2CNCCN2CC2CCCN2C[C@H](Cc2ccccc2)N2CCN(CCCC3CCCC3)[C@@H](Cc3ccccc3)C2)cc1. The number of benzene rings is 3. The van der Waals surface area contributed by atoms with Gasteiger partial charge < -0.3 is 5.32 Å². The lowest BCUT2D eigenvalue weighted by Crippen LogP contribution is -2.60. The second-order valence-corrected chi connectivity index (χ2v) is 15.8. The highest BCUT2D eigenvalue weighted by atomic mass is 15.3. The summed E-state index contributed by atoms with van der Waals surface area (Å²) in [6, 6.07) is 36.3. The van der Waals surface area contributed by atoms with Crippen molar-refractivity contribution in [2.45, 2.75) is 94.8 Å². The van der Waals surface area contributed by atoms with E-state index in [4.69, 9.17) is 0 Å². The molecule has 49 heavy (non-hydrogen) atoms. The summed E-state index contributed by atoms with van der Waals surface area (Å²) in [7, 11) is 0. The molecule has 1 saturated carbocycles. The van der Waals surface area contributed by atoms with Crippen molar-refractivity contribution in [3.05, 3.63) is 108 Å². The van der Waals surface area contributed by atoms with Gasteiger partial charge in [-0.05, 0) is 80.6 Å². The molecule has 3 saturated heterocycles. The van der Waals surface area contributed by atoms with E-state index in [1.807, 2.05) is 0 Å². The number of likely N-dealkylation sites (tertiary alicyclic amines) is 1. The summed E-state index contributed by atoms with van der Waals surface area (Å²) in [6.07, 6.45) is 14.8. The first kappa shape index (κ1) is 34.9. The maximum Gasteiger partial charge on any atom is 0.0264 e. The molecule has 1 aliphatic carbocycles. The highest BCUT2D eigenvalue weighted by Crippen LogP contribution is 2.30. The summed E-state index contributed by atoms with van der Waals surface area (Å²) >= 11 is 0. The molecular formula is C44H63N5. The van der Waals surface area contributed by atoms with Gasteiger partial charge in [0.2, 0.25) is 0 Å². The second-order valence-electron chi connectivity index (χ2n) is 15.8. The van der Waals surface area contributed by atoms with Crippen LogP contribution < -0.4 is 5.32 Å². The van der Waals surface area contributed by atoms with Gasteiger partial charge in [0.15, 0.2) is 0 Å². The normalized spacial score (nSPS) is 25.6. The van der Waals surface area contributed by atoms with Crippen LogP contribution in [-0.2, 0) is 19.3 Å². The maximum absolute atomic E-state index is 3.71. The average Bonchev–Trinajstić information content (AvgIpc) is 3.83. The number of nitrogens with one attached hydrogen (secondary N) is 1. The van der Waals surface area contributed by atoms with Crippen molar-refractivity contribution in [2.75, 3.05) is 65.4 Å². The Morgan fingerprint density at radius 3 is 2.00 bits per heavy atom. The van der Waals surface area contributed by atoms with Crippen LogP contribution in [0, 0.1) is 5.92 Å². The fourth-order valence-corrected chi connectivity index (χ4v) is 9.71. The molecule has 1 N–H and O–H groups in total. The zero-order valence-electron chi connectivity index (χ0n) is 30.2. The molecule has 5 nitrogen and oxygen atoms in total. The molecule has 4 aliphatic rings. The molecule has 3 heterocycles. The number of rotatable bonds is 15. The standard InChI is InChI=1S/C44H63N5/c1-4-16-38(17-5-1)30-42-33-45-24-27-48(42)34-41-23-13-26-47(41)36-44(32-40-20-8-3-9-21-40)49-29-28-46(25-12-22-37-14-10-11-15-37)43(35-49)31-39-18-6-2-7-19-39/h1-9,16-21,37,41-45H,10-15,22-36H2/t41?,42-,43-,44-/m0/s1. The Kier molecular flexibility index (Phi) is 12.9. The molecule has 5 heteroatoms. The molecule has 7 rings (SSSR count). The topological polar surface area (TPSA) is 25.0 Å². The molecular weight excluding hydrogens is 599 g/mol. The quantitative estimate of drug-likeness (QED) is 0.194. The van der Waals surface area contributed by atoms with Crippen molar-refractivity contribution < 1.29 is 0 Å². The van der Waals surface area contributed by atoms with Crippen LogP contribution in [-0.4, -0.2) is 109 Å². The van der Waals surface area contributed by atoms with Crippen LogP contribution in [0.15, 0.2) is 91.0 Å². The number of piperazine rings is 2. The van der Waals surface area contributed by atoms with Gasteiger partial charge in [-0.25, -0.2) is 0 Å². The molecule has 0 radical (unpaired) electrons. The van der Waals surface area contributed by atoms with Gasteiger partial charge in [0.1, 0.15) is 0 Å². The molecule has 264 valence electrons. The highest BCUT2D eigenvalue weighted by molar-refractivity contribution is 5.19. The predicted octanol–water partition coefficient (Wildman–Crippen LogP) is 6.78. The van der Waals surface area contributed by atoms with Gasteiger partial charge in [0.05, 0.1) is 0 Å². The zero-order valence-corrected chi connectivity index (χ0v) is 30.2. The first-order valence-electron chi connectivity index (χ1n) is 20.1. The van der Waals surface area contributed by atoms with Gasteiger partial charge in [0.25, 0.3) is 0 Å². The van der Waals surface area contributed by atoms with Gasteiger partial charge in [-0.2, -0.15) is 0 Å². The average molecular weight is 662 g/mol. The Hall–Kier alpha value is -2.54. The zero-order chi connectivity index (χ0) is 33.1. The lowest BCUT2D eigenvalue weighted by molar-refractivity contribution is 0.0282. The third-order valence-corrected chi connectivity index (χ3v) is 12.5. The van der Waals surface area contributed by atoms with Crippen molar-refractivity contribution in [3.8, 4) is 0 Å². The van der Waals surface area contributed by atoms with Crippen molar-refractivity contribution in [2.24, 2.45) is 5.92 Å².